The molecule has 2 aliphatic rings. The number of hydrogen-bond acceptors (Lipinski definition) is 5. The second kappa shape index (κ2) is 8.44. The average Bonchev–Trinajstić information content (AvgIpc) is 2.65. The van der Waals surface area contributed by atoms with E-state index in [-0.39, 0.29) is 34.8 Å². The first kappa shape index (κ1) is 21.8. The van der Waals surface area contributed by atoms with E-state index in [1.54, 1.807) is 17.9 Å². The lowest BCUT2D eigenvalue weighted by molar-refractivity contribution is -0.148. The molecule has 0 saturated carbocycles. The predicted molar refractivity (Wildman–Crippen MR) is 110 cm³/mol. The van der Waals surface area contributed by atoms with Gasteiger partial charge >= 0.3 is 0 Å². The van der Waals surface area contributed by atoms with Gasteiger partial charge in [0, 0.05) is 43.9 Å². The molecule has 0 radical (unpaired) electrons. The van der Waals surface area contributed by atoms with Crippen LogP contribution in [0.1, 0.15) is 42.6 Å². The highest BCUT2D eigenvalue weighted by Crippen LogP contribution is 2.25. The van der Waals surface area contributed by atoms with Gasteiger partial charge in [-0.3, -0.25) is 9.59 Å². The molecular weight excluding hydrogens is 392 g/mol. The summed E-state index contributed by atoms with van der Waals surface area (Å²) in [4.78, 5) is 29.6. The van der Waals surface area contributed by atoms with Crippen molar-refractivity contribution in [2.45, 2.75) is 50.7 Å². The summed E-state index contributed by atoms with van der Waals surface area (Å²) in [5.41, 5.74) is 1.16. The molecule has 160 valence electrons. The van der Waals surface area contributed by atoms with Crippen molar-refractivity contribution in [2.24, 2.45) is 5.92 Å². The second-order valence-electron chi connectivity index (χ2n) is 8.32. The zero-order valence-corrected chi connectivity index (χ0v) is 18.4. The zero-order chi connectivity index (χ0) is 21.3. The van der Waals surface area contributed by atoms with Crippen LogP contribution in [0.4, 0.5) is 0 Å². The smallest absolute Gasteiger partial charge is 0.254 e. The van der Waals surface area contributed by atoms with Crippen molar-refractivity contribution in [3.05, 3.63) is 29.3 Å². The van der Waals surface area contributed by atoms with Crippen LogP contribution in [-0.2, 0) is 19.4 Å². The fourth-order valence-electron chi connectivity index (χ4n) is 4.18. The molecule has 3 rings (SSSR count). The molecule has 1 aromatic rings. The fraction of sp³-hybridized carbons (Fsp3) is 0.619. The van der Waals surface area contributed by atoms with E-state index in [4.69, 9.17) is 4.74 Å². The van der Waals surface area contributed by atoms with Gasteiger partial charge in [0.2, 0.25) is 5.91 Å². The molecule has 7 nitrogen and oxygen atoms in total. The monoisotopic (exact) mass is 422 g/mol. The normalized spacial score (nSPS) is 23.9. The average molecular weight is 423 g/mol. The van der Waals surface area contributed by atoms with Gasteiger partial charge in [-0.1, -0.05) is 6.07 Å². The summed E-state index contributed by atoms with van der Waals surface area (Å²) in [5.74, 6) is -0.109. The van der Waals surface area contributed by atoms with Gasteiger partial charge in [-0.2, -0.15) is 0 Å². The van der Waals surface area contributed by atoms with Crippen molar-refractivity contribution < 1.29 is 22.7 Å². The van der Waals surface area contributed by atoms with Gasteiger partial charge in [-0.15, -0.1) is 0 Å². The Morgan fingerprint density at radius 3 is 2.17 bits per heavy atom. The highest BCUT2D eigenvalue weighted by Gasteiger charge is 2.34. The van der Waals surface area contributed by atoms with Crippen molar-refractivity contribution in [1.29, 1.82) is 0 Å². The van der Waals surface area contributed by atoms with Crippen LogP contribution in [-0.4, -0.2) is 74.7 Å². The van der Waals surface area contributed by atoms with E-state index >= 15 is 0 Å². The number of aryl methyl sites for hydroxylation is 1. The molecule has 0 bridgehead atoms. The maximum absolute atomic E-state index is 13.0. The predicted octanol–water partition coefficient (Wildman–Crippen LogP) is 1.89. The third-order valence-corrected chi connectivity index (χ3v) is 6.84. The van der Waals surface area contributed by atoms with Crippen LogP contribution in [0, 0.1) is 12.8 Å². The van der Waals surface area contributed by atoms with E-state index in [0.717, 1.165) is 11.8 Å². The Kier molecular flexibility index (Phi) is 6.33. The Bertz CT molecular complexity index is 880. The van der Waals surface area contributed by atoms with Gasteiger partial charge in [-0.05, 0) is 51.3 Å². The minimum absolute atomic E-state index is 0.0365. The van der Waals surface area contributed by atoms with E-state index in [9.17, 15) is 18.0 Å². The summed E-state index contributed by atoms with van der Waals surface area (Å²) in [6, 6.07) is 4.65. The number of amides is 2. The van der Waals surface area contributed by atoms with Crippen molar-refractivity contribution in [1.82, 2.24) is 9.80 Å². The summed E-state index contributed by atoms with van der Waals surface area (Å²) >= 11 is 0. The third-order valence-electron chi connectivity index (χ3n) is 5.73. The van der Waals surface area contributed by atoms with E-state index in [1.807, 2.05) is 18.7 Å². The summed E-state index contributed by atoms with van der Waals surface area (Å²) in [6.07, 6.45) is 2.45. The van der Waals surface area contributed by atoms with Crippen LogP contribution >= 0.6 is 0 Å². The number of morpholine rings is 1. The van der Waals surface area contributed by atoms with Crippen molar-refractivity contribution in [3.8, 4) is 0 Å². The number of ether oxygens (including phenoxy) is 1. The quantitative estimate of drug-likeness (QED) is 0.743. The molecule has 0 spiro atoms. The van der Waals surface area contributed by atoms with E-state index < -0.39 is 9.84 Å². The molecule has 2 fully saturated rings. The Balaban J connectivity index is 1.65. The first-order valence-corrected chi connectivity index (χ1v) is 12.0. The Hall–Kier alpha value is -1.93. The second-order valence-corrected chi connectivity index (χ2v) is 10.3. The summed E-state index contributed by atoms with van der Waals surface area (Å²) in [6.45, 7) is 7.96. The lowest BCUT2D eigenvalue weighted by Crippen LogP contribution is -2.51. The molecule has 2 unspecified atom stereocenters. The van der Waals surface area contributed by atoms with Gasteiger partial charge in [-0.25, -0.2) is 8.42 Å². The van der Waals surface area contributed by atoms with Crippen LogP contribution in [0.15, 0.2) is 23.1 Å². The number of hydrogen-bond donors (Lipinski definition) is 0. The molecular formula is C21H30N2O5S. The van der Waals surface area contributed by atoms with Gasteiger partial charge in [0.25, 0.3) is 5.91 Å². The Labute approximate surface area is 172 Å². The van der Waals surface area contributed by atoms with Crippen LogP contribution in [0.3, 0.4) is 0 Å². The molecule has 0 aliphatic carbocycles. The fourth-order valence-corrected chi connectivity index (χ4v) is 4.83. The number of carbonyl (C=O) groups is 2. The zero-order valence-electron chi connectivity index (χ0n) is 17.6. The number of rotatable bonds is 3. The molecule has 2 amide bonds. The number of sulfone groups is 1. The van der Waals surface area contributed by atoms with Crippen LogP contribution in [0.5, 0.6) is 0 Å². The lowest BCUT2D eigenvalue weighted by Gasteiger charge is -2.39. The van der Waals surface area contributed by atoms with Crippen LogP contribution < -0.4 is 0 Å². The van der Waals surface area contributed by atoms with E-state index in [0.29, 0.717) is 44.6 Å². The van der Waals surface area contributed by atoms with E-state index in [1.165, 1.54) is 12.1 Å². The van der Waals surface area contributed by atoms with Gasteiger partial charge < -0.3 is 14.5 Å². The van der Waals surface area contributed by atoms with Gasteiger partial charge in [0.15, 0.2) is 9.84 Å². The Morgan fingerprint density at radius 2 is 1.62 bits per heavy atom. The lowest BCUT2D eigenvalue weighted by atomic mass is 9.94. The summed E-state index contributed by atoms with van der Waals surface area (Å²) in [7, 11) is -3.38. The number of benzene rings is 1. The molecule has 2 saturated heterocycles. The molecule has 8 heteroatoms. The summed E-state index contributed by atoms with van der Waals surface area (Å²) < 4.78 is 29.4. The maximum atomic E-state index is 13.0. The van der Waals surface area contributed by atoms with Gasteiger partial charge in [0.1, 0.15) is 0 Å². The SMILES string of the molecule is Cc1ccc(S(C)(=O)=O)cc1C(=O)N1CCC(C(=O)N2CC(C)OC(C)C2)CC1. The molecule has 0 aromatic heterocycles. The molecule has 0 N–H and O–H groups in total. The van der Waals surface area contributed by atoms with Crippen molar-refractivity contribution >= 4 is 21.7 Å². The minimum Gasteiger partial charge on any atom is -0.372 e. The number of likely N-dealkylation sites (tertiary alicyclic amines) is 1. The molecule has 1 aromatic carbocycles. The molecule has 2 atom stereocenters. The Morgan fingerprint density at radius 1 is 1.03 bits per heavy atom. The summed E-state index contributed by atoms with van der Waals surface area (Å²) in [5, 5.41) is 0. The molecule has 2 heterocycles. The van der Waals surface area contributed by atoms with Crippen molar-refractivity contribution in [3.63, 3.8) is 0 Å². The largest absolute Gasteiger partial charge is 0.372 e. The van der Waals surface area contributed by atoms with Crippen LogP contribution in [0.2, 0.25) is 0 Å². The highest BCUT2D eigenvalue weighted by atomic mass is 32.2. The number of carbonyl (C=O) groups excluding carboxylic acids is 2. The first-order valence-electron chi connectivity index (χ1n) is 10.1. The third kappa shape index (κ3) is 4.98. The molecule has 29 heavy (non-hydrogen) atoms. The van der Waals surface area contributed by atoms with Gasteiger partial charge in [0.05, 0.1) is 17.1 Å². The maximum Gasteiger partial charge on any atom is 0.254 e. The van der Waals surface area contributed by atoms with Crippen molar-refractivity contribution in [2.75, 3.05) is 32.4 Å². The number of nitrogens with zero attached hydrogens (tertiary/aromatic N) is 2. The molecule has 2 aliphatic heterocycles. The number of piperidine rings is 1. The topological polar surface area (TPSA) is 84.0 Å². The standard InChI is InChI=1S/C21H30N2O5S/c1-14-5-6-18(29(4,26)27)11-19(14)21(25)22-9-7-17(8-10-22)20(24)23-12-15(2)28-16(3)13-23/h5-6,11,15-17H,7-10,12-13H2,1-4H3. The highest BCUT2D eigenvalue weighted by molar-refractivity contribution is 7.90. The van der Waals surface area contributed by atoms with E-state index in [2.05, 4.69) is 0 Å². The minimum atomic E-state index is -3.38. The first-order chi connectivity index (χ1) is 13.6. The van der Waals surface area contributed by atoms with Crippen LogP contribution in [0.25, 0.3) is 0 Å².